The highest BCUT2D eigenvalue weighted by atomic mass is 16.5. The van der Waals surface area contributed by atoms with Gasteiger partial charge in [0.1, 0.15) is 0 Å². The third-order valence-corrected chi connectivity index (χ3v) is 4.28. The first-order valence-electron chi connectivity index (χ1n) is 8.10. The molecule has 23 heavy (non-hydrogen) atoms. The summed E-state index contributed by atoms with van der Waals surface area (Å²) in [6, 6.07) is 2.54. The molecule has 0 spiro atoms. The van der Waals surface area contributed by atoms with Crippen LogP contribution < -0.4 is 10.2 Å². The minimum atomic E-state index is 0.290. The fraction of sp³-hybridized carbons (Fsp3) is 0.562. The molecule has 2 aromatic rings. The van der Waals surface area contributed by atoms with Crippen LogP contribution in [0, 0.1) is 0 Å². The van der Waals surface area contributed by atoms with Crippen LogP contribution in [-0.4, -0.2) is 52.1 Å². The molecule has 0 aliphatic carbocycles. The van der Waals surface area contributed by atoms with Crippen LogP contribution in [0.25, 0.3) is 0 Å². The van der Waals surface area contributed by atoms with Crippen molar-refractivity contribution in [2.45, 2.75) is 32.5 Å². The average molecular weight is 316 g/mol. The molecule has 1 fully saturated rings. The van der Waals surface area contributed by atoms with Gasteiger partial charge in [-0.15, -0.1) is 0 Å². The zero-order chi connectivity index (χ0) is 16.1. The van der Waals surface area contributed by atoms with E-state index in [-0.39, 0.29) is 0 Å². The Kier molecular flexibility index (Phi) is 5.19. The van der Waals surface area contributed by atoms with Crippen molar-refractivity contribution in [2.24, 2.45) is 0 Å². The van der Waals surface area contributed by atoms with Gasteiger partial charge in [0.2, 0.25) is 5.95 Å². The molecule has 124 valence electrons. The molecule has 1 aliphatic rings. The van der Waals surface area contributed by atoms with E-state index in [1.54, 1.807) is 6.20 Å². The quantitative estimate of drug-likeness (QED) is 0.865. The van der Waals surface area contributed by atoms with E-state index < -0.39 is 0 Å². The van der Waals surface area contributed by atoms with E-state index in [4.69, 9.17) is 4.74 Å². The summed E-state index contributed by atoms with van der Waals surface area (Å²) < 4.78 is 7.32. The Morgan fingerprint density at radius 2 is 1.96 bits per heavy atom. The molecule has 0 unspecified atom stereocenters. The number of nitrogens with one attached hydrogen (secondary N) is 1. The van der Waals surface area contributed by atoms with E-state index in [2.05, 4.69) is 39.1 Å². The van der Waals surface area contributed by atoms with Crippen LogP contribution in [0.1, 0.15) is 25.5 Å². The molecule has 2 atom stereocenters. The summed E-state index contributed by atoms with van der Waals surface area (Å²) >= 11 is 0. The van der Waals surface area contributed by atoms with Crippen LogP contribution in [0.2, 0.25) is 0 Å². The summed E-state index contributed by atoms with van der Waals surface area (Å²) in [6.45, 7) is 8.27. The fourth-order valence-corrected chi connectivity index (χ4v) is 2.57. The normalized spacial score (nSPS) is 17.9. The predicted octanol–water partition coefficient (Wildman–Crippen LogP) is 1.25. The Morgan fingerprint density at radius 1 is 1.22 bits per heavy atom. The van der Waals surface area contributed by atoms with Gasteiger partial charge in [0.25, 0.3) is 0 Å². The number of rotatable bonds is 6. The molecule has 1 aliphatic heterocycles. The lowest BCUT2D eigenvalue weighted by Crippen LogP contribution is -2.37. The van der Waals surface area contributed by atoms with Crippen molar-refractivity contribution in [3.8, 4) is 0 Å². The largest absolute Gasteiger partial charge is 0.378 e. The third-order valence-electron chi connectivity index (χ3n) is 4.28. The Hall–Kier alpha value is -1.99. The molecular weight excluding hydrogens is 292 g/mol. The first-order chi connectivity index (χ1) is 11.2. The second kappa shape index (κ2) is 7.52. The van der Waals surface area contributed by atoms with E-state index in [9.17, 15) is 0 Å². The molecule has 0 aromatic carbocycles. The minimum Gasteiger partial charge on any atom is -0.378 e. The number of hydrogen-bond donors (Lipinski definition) is 1. The lowest BCUT2D eigenvalue weighted by molar-refractivity contribution is 0.122. The monoisotopic (exact) mass is 316 g/mol. The van der Waals surface area contributed by atoms with Crippen molar-refractivity contribution in [3.63, 3.8) is 0 Å². The zero-order valence-corrected chi connectivity index (χ0v) is 13.7. The van der Waals surface area contributed by atoms with Crippen molar-refractivity contribution in [1.82, 2.24) is 25.1 Å². The molecule has 1 N–H and O–H groups in total. The van der Waals surface area contributed by atoms with Gasteiger partial charge in [-0.3, -0.25) is 4.68 Å². The molecular formula is C16H24N6O. The average Bonchev–Trinajstić information content (AvgIpc) is 3.15. The molecule has 0 amide bonds. The van der Waals surface area contributed by atoms with Gasteiger partial charge < -0.3 is 15.0 Å². The van der Waals surface area contributed by atoms with Gasteiger partial charge in [-0.1, -0.05) is 0 Å². The highest BCUT2D eigenvalue weighted by molar-refractivity contribution is 5.30. The Balaban J connectivity index is 1.52. The zero-order valence-electron chi connectivity index (χ0n) is 13.7. The second-order valence-corrected chi connectivity index (χ2v) is 5.89. The number of nitrogens with zero attached hydrogens (tertiary/aromatic N) is 5. The Labute approximate surface area is 136 Å². The molecule has 2 aromatic heterocycles. The van der Waals surface area contributed by atoms with E-state index >= 15 is 0 Å². The summed E-state index contributed by atoms with van der Waals surface area (Å²) in [5, 5.41) is 7.80. The number of ether oxygens (including phenoxy) is 1. The molecule has 7 heteroatoms. The van der Waals surface area contributed by atoms with Crippen molar-refractivity contribution < 1.29 is 4.74 Å². The van der Waals surface area contributed by atoms with Crippen LogP contribution in [0.15, 0.2) is 30.9 Å². The van der Waals surface area contributed by atoms with Gasteiger partial charge in [0.15, 0.2) is 0 Å². The predicted molar refractivity (Wildman–Crippen MR) is 88.3 cm³/mol. The molecule has 0 bridgehead atoms. The summed E-state index contributed by atoms with van der Waals surface area (Å²) in [6.07, 6.45) is 7.59. The Bertz CT molecular complexity index is 579. The molecule has 0 radical (unpaired) electrons. The van der Waals surface area contributed by atoms with Gasteiger partial charge in [0.05, 0.1) is 19.3 Å². The van der Waals surface area contributed by atoms with Crippen LogP contribution in [0.4, 0.5) is 5.95 Å². The maximum Gasteiger partial charge on any atom is 0.225 e. The van der Waals surface area contributed by atoms with Gasteiger partial charge in [-0.05, 0) is 19.9 Å². The van der Waals surface area contributed by atoms with Gasteiger partial charge in [-0.2, -0.15) is 5.10 Å². The number of morpholine rings is 1. The number of anilines is 1. The van der Waals surface area contributed by atoms with Gasteiger partial charge in [0, 0.05) is 56.0 Å². The summed E-state index contributed by atoms with van der Waals surface area (Å²) in [7, 11) is 0. The number of aromatic nitrogens is 4. The maximum atomic E-state index is 5.35. The van der Waals surface area contributed by atoms with E-state index in [1.165, 1.54) is 0 Å². The first-order valence-corrected chi connectivity index (χ1v) is 8.10. The second-order valence-electron chi connectivity index (χ2n) is 5.89. The standard InChI is InChI=1S/C16H24N6O/c1-13(14(2)22-5-3-4-20-22)17-10-15-11-18-16(19-12-15)21-6-8-23-9-7-21/h3-5,11-14,17H,6-10H2,1-2H3/t13-,14-/m1/s1. The van der Waals surface area contributed by atoms with Crippen molar-refractivity contribution in [2.75, 3.05) is 31.2 Å². The summed E-state index contributed by atoms with van der Waals surface area (Å²) in [4.78, 5) is 11.1. The van der Waals surface area contributed by atoms with Crippen LogP contribution in [0.3, 0.4) is 0 Å². The van der Waals surface area contributed by atoms with Crippen LogP contribution >= 0.6 is 0 Å². The topological polar surface area (TPSA) is 68.1 Å². The highest BCUT2D eigenvalue weighted by Gasteiger charge is 2.15. The van der Waals surface area contributed by atoms with E-state index in [0.717, 1.165) is 44.4 Å². The lowest BCUT2D eigenvalue weighted by Gasteiger charge is -2.26. The minimum absolute atomic E-state index is 0.290. The van der Waals surface area contributed by atoms with Gasteiger partial charge in [-0.25, -0.2) is 9.97 Å². The molecule has 7 nitrogen and oxygen atoms in total. The van der Waals surface area contributed by atoms with Gasteiger partial charge >= 0.3 is 0 Å². The first kappa shape index (κ1) is 15.9. The van der Waals surface area contributed by atoms with Crippen molar-refractivity contribution in [3.05, 3.63) is 36.4 Å². The highest BCUT2D eigenvalue weighted by Crippen LogP contribution is 2.11. The fourth-order valence-electron chi connectivity index (χ4n) is 2.57. The summed E-state index contributed by atoms with van der Waals surface area (Å²) in [5.41, 5.74) is 1.08. The van der Waals surface area contributed by atoms with Crippen molar-refractivity contribution >= 4 is 5.95 Å². The van der Waals surface area contributed by atoms with Crippen LogP contribution in [0.5, 0.6) is 0 Å². The summed E-state index contributed by atoms with van der Waals surface area (Å²) in [5.74, 6) is 0.787. The molecule has 3 heterocycles. The Morgan fingerprint density at radius 3 is 2.61 bits per heavy atom. The molecule has 3 rings (SSSR count). The van der Waals surface area contributed by atoms with E-state index in [1.807, 2.05) is 29.3 Å². The maximum absolute atomic E-state index is 5.35. The van der Waals surface area contributed by atoms with Crippen LogP contribution in [-0.2, 0) is 11.3 Å². The number of hydrogen-bond acceptors (Lipinski definition) is 6. The lowest BCUT2D eigenvalue weighted by atomic mass is 10.1. The third kappa shape index (κ3) is 4.05. The molecule has 1 saturated heterocycles. The molecule has 0 saturated carbocycles. The SMILES string of the molecule is C[C@H]([C@@H](C)NCc1cnc(N2CCOCC2)nc1)n1cccn1. The van der Waals surface area contributed by atoms with Crippen molar-refractivity contribution in [1.29, 1.82) is 0 Å². The van der Waals surface area contributed by atoms with E-state index in [0.29, 0.717) is 12.1 Å². The smallest absolute Gasteiger partial charge is 0.225 e.